The van der Waals surface area contributed by atoms with Crippen molar-refractivity contribution >= 4 is 12.2 Å². The molecule has 0 bridgehead atoms. The third kappa shape index (κ3) is 2.56. The summed E-state index contributed by atoms with van der Waals surface area (Å²) >= 11 is 0. The number of nitrogens with two attached hydrogens (primary N) is 1. The molecule has 4 heteroatoms. The van der Waals surface area contributed by atoms with Gasteiger partial charge in [0.25, 0.3) is 0 Å². The van der Waals surface area contributed by atoms with E-state index in [9.17, 15) is 9.59 Å². The predicted octanol–water partition coefficient (Wildman–Crippen LogP) is 0.460. The van der Waals surface area contributed by atoms with Crippen LogP contribution in [0.25, 0.3) is 0 Å². The van der Waals surface area contributed by atoms with Gasteiger partial charge in [0.15, 0.2) is 0 Å². The zero-order valence-corrected chi connectivity index (χ0v) is 9.40. The third-order valence-corrected chi connectivity index (χ3v) is 3.21. The zero-order chi connectivity index (χ0) is 11.4. The van der Waals surface area contributed by atoms with E-state index < -0.39 is 6.04 Å². The Labute approximate surface area is 90.8 Å². The first-order valence-corrected chi connectivity index (χ1v) is 5.55. The molecule has 1 radical (unpaired) electrons. The summed E-state index contributed by atoms with van der Waals surface area (Å²) in [6, 6.07) is -0.850. The lowest BCUT2D eigenvalue weighted by atomic mass is 9.99. The Morgan fingerprint density at radius 1 is 1.67 bits per heavy atom. The Morgan fingerprint density at radius 2 is 2.33 bits per heavy atom. The molecule has 4 nitrogen and oxygen atoms in total. The van der Waals surface area contributed by atoms with Crippen LogP contribution in [0.3, 0.4) is 0 Å². The van der Waals surface area contributed by atoms with E-state index in [1.807, 2.05) is 20.1 Å². The summed E-state index contributed by atoms with van der Waals surface area (Å²) < 4.78 is 0. The molecule has 0 spiro atoms. The van der Waals surface area contributed by atoms with Crippen LogP contribution in [-0.4, -0.2) is 35.7 Å². The maximum atomic E-state index is 11.9. The van der Waals surface area contributed by atoms with E-state index in [4.69, 9.17) is 5.73 Å². The number of nitrogens with zero attached hydrogens (tertiary/aromatic N) is 1. The number of amides is 1. The summed E-state index contributed by atoms with van der Waals surface area (Å²) in [5.41, 5.74) is 5.85. The van der Waals surface area contributed by atoms with Gasteiger partial charge in [-0.2, -0.15) is 0 Å². The highest BCUT2D eigenvalue weighted by molar-refractivity contribution is 5.85. The molecule has 3 atom stereocenters. The van der Waals surface area contributed by atoms with Gasteiger partial charge in [-0.15, -0.1) is 0 Å². The number of likely N-dealkylation sites (tertiary alicyclic amines) is 1. The maximum absolute atomic E-state index is 11.9. The van der Waals surface area contributed by atoms with Crippen molar-refractivity contribution in [3.05, 3.63) is 0 Å². The molecule has 1 aliphatic rings. The van der Waals surface area contributed by atoms with Gasteiger partial charge in [0.2, 0.25) is 12.2 Å². The second kappa shape index (κ2) is 5.26. The lowest BCUT2D eigenvalue weighted by Gasteiger charge is -2.26. The summed E-state index contributed by atoms with van der Waals surface area (Å²) in [6.45, 7) is 4.60. The van der Waals surface area contributed by atoms with Gasteiger partial charge in [0, 0.05) is 6.54 Å². The highest BCUT2D eigenvalue weighted by atomic mass is 16.2. The van der Waals surface area contributed by atoms with Gasteiger partial charge in [0.1, 0.15) is 0 Å². The molecule has 0 saturated carbocycles. The zero-order valence-electron chi connectivity index (χ0n) is 9.40. The molecular weight excluding hydrogens is 192 g/mol. The van der Waals surface area contributed by atoms with Crippen molar-refractivity contribution in [2.24, 2.45) is 11.7 Å². The van der Waals surface area contributed by atoms with Crippen molar-refractivity contribution in [1.82, 2.24) is 4.90 Å². The Balaban J connectivity index is 2.63. The standard InChI is InChI=1S/C11H19N2O2/c1-3-8(2)10(12)11(15)13-6-4-5-9(13)7-14/h8-10H,3-6,12H2,1-2H3/t8?,9-,10?/m0/s1. The van der Waals surface area contributed by atoms with Crippen LogP contribution < -0.4 is 5.73 Å². The van der Waals surface area contributed by atoms with Gasteiger partial charge < -0.3 is 10.6 Å². The third-order valence-electron chi connectivity index (χ3n) is 3.21. The summed E-state index contributed by atoms with van der Waals surface area (Å²) in [6.07, 6.45) is 4.38. The summed E-state index contributed by atoms with van der Waals surface area (Å²) in [7, 11) is 0. The fourth-order valence-electron chi connectivity index (χ4n) is 1.84. The molecule has 1 fully saturated rings. The van der Waals surface area contributed by atoms with Crippen LogP contribution in [-0.2, 0) is 9.59 Å². The first-order valence-electron chi connectivity index (χ1n) is 5.55. The summed E-state index contributed by atoms with van der Waals surface area (Å²) in [4.78, 5) is 24.1. The van der Waals surface area contributed by atoms with E-state index in [-0.39, 0.29) is 17.9 Å². The van der Waals surface area contributed by atoms with Crippen LogP contribution in [0, 0.1) is 5.92 Å². The Bertz CT molecular complexity index is 243. The van der Waals surface area contributed by atoms with E-state index in [1.165, 1.54) is 0 Å². The molecule has 15 heavy (non-hydrogen) atoms. The van der Waals surface area contributed by atoms with E-state index in [0.29, 0.717) is 6.54 Å². The minimum absolute atomic E-state index is 0.102. The van der Waals surface area contributed by atoms with Gasteiger partial charge in [-0.1, -0.05) is 20.3 Å². The van der Waals surface area contributed by atoms with Crippen molar-refractivity contribution in [3.8, 4) is 0 Å². The monoisotopic (exact) mass is 211 g/mol. The molecular formula is C11H19N2O2. The smallest absolute Gasteiger partial charge is 0.240 e. The number of carbonyl (C=O) groups is 1. The van der Waals surface area contributed by atoms with E-state index in [2.05, 4.69) is 0 Å². The van der Waals surface area contributed by atoms with Crippen LogP contribution in [0.1, 0.15) is 33.1 Å². The number of hydrogen-bond acceptors (Lipinski definition) is 3. The van der Waals surface area contributed by atoms with Crippen molar-refractivity contribution in [1.29, 1.82) is 0 Å². The molecule has 1 aliphatic heterocycles. The first-order chi connectivity index (χ1) is 7.11. The van der Waals surface area contributed by atoms with Gasteiger partial charge in [-0.25, -0.2) is 0 Å². The minimum Gasteiger partial charge on any atom is -0.331 e. The minimum atomic E-state index is -0.482. The summed E-state index contributed by atoms with van der Waals surface area (Å²) in [5.74, 6) is 0.0561. The molecule has 2 unspecified atom stereocenters. The molecule has 0 aromatic rings. The normalized spacial score (nSPS) is 25.0. The van der Waals surface area contributed by atoms with E-state index in [1.54, 1.807) is 4.90 Å². The van der Waals surface area contributed by atoms with Crippen molar-refractivity contribution in [3.63, 3.8) is 0 Å². The fourth-order valence-corrected chi connectivity index (χ4v) is 1.84. The largest absolute Gasteiger partial charge is 0.331 e. The Kier molecular flexibility index (Phi) is 4.27. The second-order valence-corrected chi connectivity index (χ2v) is 4.22. The fraction of sp³-hybridized carbons (Fsp3) is 0.818. The lowest BCUT2D eigenvalue weighted by molar-refractivity contribution is -0.133. The van der Waals surface area contributed by atoms with Gasteiger partial charge in [-0.05, 0) is 18.8 Å². The van der Waals surface area contributed by atoms with Crippen LogP contribution >= 0.6 is 0 Å². The molecule has 85 valence electrons. The van der Waals surface area contributed by atoms with Crippen LogP contribution in [0.15, 0.2) is 0 Å². The van der Waals surface area contributed by atoms with Crippen molar-refractivity contribution < 1.29 is 9.59 Å². The van der Waals surface area contributed by atoms with Crippen molar-refractivity contribution in [2.75, 3.05) is 6.54 Å². The molecule has 1 rings (SSSR count). The molecule has 1 amide bonds. The van der Waals surface area contributed by atoms with Crippen LogP contribution in [0.5, 0.6) is 0 Å². The molecule has 1 saturated heterocycles. The summed E-state index contributed by atoms with van der Waals surface area (Å²) in [5, 5.41) is 0. The molecule has 0 aromatic carbocycles. The Hall–Kier alpha value is -0.900. The van der Waals surface area contributed by atoms with Crippen molar-refractivity contribution in [2.45, 2.75) is 45.2 Å². The van der Waals surface area contributed by atoms with E-state index in [0.717, 1.165) is 19.3 Å². The maximum Gasteiger partial charge on any atom is 0.240 e. The highest BCUT2D eigenvalue weighted by Crippen LogP contribution is 2.18. The Morgan fingerprint density at radius 3 is 2.87 bits per heavy atom. The van der Waals surface area contributed by atoms with Gasteiger partial charge in [0.05, 0.1) is 12.1 Å². The number of hydrogen-bond donors (Lipinski definition) is 1. The highest BCUT2D eigenvalue weighted by Gasteiger charge is 2.33. The number of rotatable bonds is 4. The molecule has 0 aliphatic carbocycles. The predicted molar refractivity (Wildman–Crippen MR) is 57.9 cm³/mol. The van der Waals surface area contributed by atoms with Gasteiger partial charge >= 0.3 is 0 Å². The average molecular weight is 211 g/mol. The lowest BCUT2D eigenvalue weighted by Crippen LogP contribution is -2.49. The van der Waals surface area contributed by atoms with Gasteiger partial charge in [-0.3, -0.25) is 9.59 Å². The molecule has 2 N–H and O–H groups in total. The quantitative estimate of drug-likeness (QED) is 0.734. The van der Waals surface area contributed by atoms with Crippen LogP contribution in [0.2, 0.25) is 0 Å². The molecule has 0 aromatic heterocycles. The molecule has 1 heterocycles. The average Bonchev–Trinajstić information content (AvgIpc) is 2.73. The first kappa shape index (κ1) is 12.2. The number of carbonyl (C=O) groups excluding carboxylic acids is 2. The topological polar surface area (TPSA) is 63.4 Å². The van der Waals surface area contributed by atoms with E-state index >= 15 is 0 Å². The second-order valence-electron chi connectivity index (χ2n) is 4.22. The SMILES string of the molecule is CCC(C)C(N)C(=O)N1CCC[C@H]1[C]=O. The van der Waals surface area contributed by atoms with Crippen LogP contribution in [0.4, 0.5) is 0 Å².